The van der Waals surface area contributed by atoms with E-state index >= 15 is 0 Å². The van der Waals surface area contributed by atoms with Crippen molar-refractivity contribution in [3.8, 4) is 0 Å². The molecule has 0 aromatic carbocycles. The lowest BCUT2D eigenvalue weighted by molar-refractivity contribution is -0.383. The second kappa shape index (κ2) is 5.02. The van der Waals surface area contributed by atoms with Crippen molar-refractivity contribution in [2.24, 2.45) is 0 Å². The standard InChI is InChI=1S/C12H13N5O5/c13-11-8-7(17(21)22)2-16(12(8)15-4-14-11)6-1-5(3-18)9(19)10(6)20/h1-2,4,6,9-10,18-20H,3H2,(H2,13,14,15)/t6-,9+,10?/m1/s1. The Kier molecular flexibility index (Phi) is 3.28. The molecule has 0 fully saturated rings. The zero-order chi connectivity index (χ0) is 16.0. The van der Waals surface area contributed by atoms with Crippen molar-refractivity contribution in [1.29, 1.82) is 0 Å². The molecule has 0 aliphatic heterocycles. The van der Waals surface area contributed by atoms with E-state index < -0.39 is 29.8 Å². The van der Waals surface area contributed by atoms with E-state index in [9.17, 15) is 20.3 Å². The van der Waals surface area contributed by atoms with Crippen molar-refractivity contribution in [3.05, 3.63) is 34.3 Å². The Morgan fingerprint density at radius 1 is 1.41 bits per heavy atom. The molecule has 10 heteroatoms. The maximum Gasteiger partial charge on any atom is 0.300 e. The summed E-state index contributed by atoms with van der Waals surface area (Å²) in [5.74, 6) is -0.0464. The van der Waals surface area contributed by atoms with E-state index in [0.29, 0.717) is 0 Å². The highest BCUT2D eigenvalue weighted by molar-refractivity contribution is 5.95. The number of aromatic nitrogens is 3. The Labute approximate surface area is 123 Å². The second-order valence-corrected chi connectivity index (χ2v) is 4.96. The fourth-order valence-corrected chi connectivity index (χ4v) is 2.67. The number of fused-ring (bicyclic) bond motifs is 1. The average molecular weight is 307 g/mol. The highest BCUT2D eigenvalue weighted by Crippen LogP contribution is 2.37. The van der Waals surface area contributed by atoms with Crippen LogP contribution in [-0.4, -0.2) is 53.6 Å². The van der Waals surface area contributed by atoms with Crippen LogP contribution in [0.4, 0.5) is 11.5 Å². The predicted octanol–water partition coefficient (Wildman–Crippen LogP) is -0.883. The molecule has 3 rings (SSSR count). The molecular formula is C12H13N5O5. The molecule has 0 spiro atoms. The number of aliphatic hydroxyl groups is 3. The van der Waals surface area contributed by atoms with Crippen LogP contribution in [0.3, 0.4) is 0 Å². The maximum atomic E-state index is 11.2. The topological polar surface area (TPSA) is 161 Å². The minimum Gasteiger partial charge on any atom is -0.392 e. The molecule has 5 N–H and O–H groups in total. The van der Waals surface area contributed by atoms with Gasteiger partial charge in [0.1, 0.15) is 29.7 Å². The predicted molar refractivity (Wildman–Crippen MR) is 74.8 cm³/mol. The molecule has 0 radical (unpaired) electrons. The number of hydrogen-bond donors (Lipinski definition) is 4. The number of nitro groups is 1. The number of nitrogens with zero attached hydrogens (tertiary/aromatic N) is 4. The molecule has 0 amide bonds. The van der Waals surface area contributed by atoms with Crippen LogP contribution >= 0.6 is 0 Å². The first-order valence-corrected chi connectivity index (χ1v) is 6.38. The van der Waals surface area contributed by atoms with E-state index in [1.54, 1.807) is 0 Å². The van der Waals surface area contributed by atoms with Crippen LogP contribution in [0.25, 0.3) is 11.0 Å². The number of hydrogen-bond acceptors (Lipinski definition) is 8. The lowest BCUT2D eigenvalue weighted by atomic mass is 10.1. The van der Waals surface area contributed by atoms with Gasteiger partial charge >= 0.3 is 0 Å². The fourth-order valence-electron chi connectivity index (χ4n) is 2.67. The first-order chi connectivity index (χ1) is 10.5. The third kappa shape index (κ3) is 1.93. The smallest absolute Gasteiger partial charge is 0.300 e. The van der Waals surface area contributed by atoms with E-state index in [2.05, 4.69) is 9.97 Å². The normalized spacial score (nSPS) is 24.7. The fraction of sp³-hybridized carbons (Fsp3) is 0.333. The first-order valence-electron chi connectivity index (χ1n) is 6.38. The Morgan fingerprint density at radius 3 is 2.73 bits per heavy atom. The van der Waals surface area contributed by atoms with Gasteiger partial charge in [0.25, 0.3) is 5.69 Å². The van der Waals surface area contributed by atoms with Crippen LogP contribution < -0.4 is 5.73 Å². The molecule has 1 unspecified atom stereocenters. The summed E-state index contributed by atoms with van der Waals surface area (Å²) in [4.78, 5) is 18.3. The molecule has 116 valence electrons. The lowest BCUT2D eigenvalue weighted by Crippen LogP contribution is -2.30. The van der Waals surface area contributed by atoms with Crippen LogP contribution in [0.1, 0.15) is 6.04 Å². The van der Waals surface area contributed by atoms with Crippen LogP contribution in [0.5, 0.6) is 0 Å². The number of nitrogen functional groups attached to an aromatic ring is 1. The summed E-state index contributed by atoms with van der Waals surface area (Å²) in [6.45, 7) is -0.423. The summed E-state index contributed by atoms with van der Waals surface area (Å²) in [5.41, 5.74) is 5.81. The van der Waals surface area contributed by atoms with Gasteiger partial charge < -0.3 is 25.6 Å². The average Bonchev–Trinajstić information content (AvgIpc) is 3.00. The SMILES string of the molecule is Nc1ncnc2c1c([N+](=O)[O-])cn2[C@@H]1C=C(CO)[C@H](O)C1O. The second-order valence-electron chi connectivity index (χ2n) is 4.96. The monoisotopic (exact) mass is 307 g/mol. The lowest BCUT2D eigenvalue weighted by Gasteiger charge is -2.18. The van der Waals surface area contributed by atoms with Gasteiger partial charge in [-0.2, -0.15) is 0 Å². The van der Waals surface area contributed by atoms with Gasteiger partial charge in [-0.25, -0.2) is 9.97 Å². The zero-order valence-electron chi connectivity index (χ0n) is 11.2. The van der Waals surface area contributed by atoms with Gasteiger partial charge in [0.2, 0.25) is 0 Å². The Balaban J connectivity index is 2.23. The molecule has 0 saturated carbocycles. The molecule has 1 aliphatic carbocycles. The molecule has 10 nitrogen and oxygen atoms in total. The number of anilines is 1. The highest BCUT2D eigenvalue weighted by atomic mass is 16.6. The van der Waals surface area contributed by atoms with Crippen molar-refractivity contribution in [1.82, 2.24) is 14.5 Å². The molecule has 3 atom stereocenters. The van der Waals surface area contributed by atoms with Crippen molar-refractivity contribution in [3.63, 3.8) is 0 Å². The highest BCUT2D eigenvalue weighted by Gasteiger charge is 2.37. The summed E-state index contributed by atoms with van der Waals surface area (Å²) in [5, 5.41) is 40.4. The molecule has 2 heterocycles. The van der Waals surface area contributed by atoms with Crippen LogP contribution in [0.2, 0.25) is 0 Å². The Morgan fingerprint density at radius 2 is 2.14 bits per heavy atom. The van der Waals surface area contributed by atoms with E-state index in [1.165, 1.54) is 16.8 Å². The Hall–Kier alpha value is -2.56. The van der Waals surface area contributed by atoms with Gasteiger partial charge in [0.15, 0.2) is 5.65 Å². The third-order valence-electron chi connectivity index (χ3n) is 3.76. The van der Waals surface area contributed by atoms with E-state index in [1.807, 2.05) is 0 Å². The van der Waals surface area contributed by atoms with Crippen molar-refractivity contribution in [2.45, 2.75) is 18.2 Å². The summed E-state index contributed by atoms with van der Waals surface area (Å²) in [7, 11) is 0. The molecule has 0 saturated heterocycles. The minimum atomic E-state index is -1.26. The summed E-state index contributed by atoms with van der Waals surface area (Å²) in [6.07, 6.45) is 1.30. The van der Waals surface area contributed by atoms with Crippen LogP contribution in [0.15, 0.2) is 24.2 Å². The van der Waals surface area contributed by atoms with Gasteiger partial charge in [-0.05, 0) is 5.57 Å². The van der Waals surface area contributed by atoms with E-state index in [-0.39, 0.29) is 28.1 Å². The summed E-state index contributed by atoms with van der Waals surface area (Å²) in [6, 6.07) is -0.803. The maximum absolute atomic E-state index is 11.2. The van der Waals surface area contributed by atoms with Gasteiger partial charge in [-0.3, -0.25) is 10.1 Å². The van der Waals surface area contributed by atoms with Gasteiger partial charge in [0, 0.05) is 0 Å². The van der Waals surface area contributed by atoms with Gasteiger partial charge in [-0.15, -0.1) is 0 Å². The molecule has 0 bridgehead atoms. The van der Waals surface area contributed by atoms with E-state index in [4.69, 9.17) is 10.8 Å². The van der Waals surface area contributed by atoms with Crippen LogP contribution in [0, 0.1) is 10.1 Å². The van der Waals surface area contributed by atoms with Crippen molar-refractivity contribution >= 4 is 22.5 Å². The van der Waals surface area contributed by atoms with Gasteiger partial charge in [-0.1, -0.05) is 6.08 Å². The summed E-state index contributed by atoms with van der Waals surface area (Å²) >= 11 is 0. The zero-order valence-corrected chi connectivity index (χ0v) is 11.2. The molecule has 2 aromatic rings. The number of rotatable bonds is 3. The van der Waals surface area contributed by atoms with Crippen LogP contribution in [-0.2, 0) is 0 Å². The number of aliphatic hydroxyl groups excluding tert-OH is 3. The minimum absolute atomic E-state index is 0.0464. The quantitative estimate of drug-likeness (QED) is 0.323. The largest absolute Gasteiger partial charge is 0.392 e. The molecule has 1 aliphatic rings. The molecular weight excluding hydrogens is 294 g/mol. The third-order valence-corrected chi connectivity index (χ3v) is 3.76. The first kappa shape index (κ1) is 14.4. The molecule has 22 heavy (non-hydrogen) atoms. The number of nitrogens with two attached hydrogens (primary N) is 1. The van der Waals surface area contributed by atoms with E-state index in [0.717, 1.165) is 6.33 Å². The van der Waals surface area contributed by atoms with Crippen molar-refractivity contribution < 1.29 is 20.2 Å². The Bertz CT molecular complexity index is 786. The summed E-state index contributed by atoms with van der Waals surface area (Å²) < 4.78 is 1.35. The van der Waals surface area contributed by atoms with Gasteiger partial charge in [0.05, 0.1) is 23.8 Å². The molecule has 2 aromatic heterocycles. The van der Waals surface area contributed by atoms with Crippen molar-refractivity contribution in [2.75, 3.05) is 12.3 Å².